The molecule has 22 heavy (non-hydrogen) atoms. The van der Waals surface area contributed by atoms with E-state index in [1.54, 1.807) is 0 Å². The molecule has 0 aliphatic rings. The highest BCUT2D eigenvalue weighted by molar-refractivity contribution is 7.99. The number of benzene rings is 3. The fourth-order valence-corrected chi connectivity index (χ4v) is 3.61. The van der Waals surface area contributed by atoms with Crippen molar-refractivity contribution in [2.24, 2.45) is 0 Å². The first-order chi connectivity index (χ1) is 10.9. The predicted molar refractivity (Wildman–Crippen MR) is 95.3 cm³/mol. The summed E-state index contributed by atoms with van der Waals surface area (Å²) in [6.07, 6.45) is 0. The number of thioether (sulfide) groups is 1. The Bertz CT molecular complexity index is 789. The maximum absolute atomic E-state index is 7.19. The van der Waals surface area contributed by atoms with Gasteiger partial charge in [0.05, 0.1) is 5.92 Å². The van der Waals surface area contributed by atoms with Crippen LogP contribution in [-0.2, 0) is 0 Å². The van der Waals surface area contributed by atoms with E-state index in [4.69, 9.17) is 6.57 Å². The van der Waals surface area contributed by atoms with Crippen molar-refractivity contribution in [2.75, 3.05) is 12.3 Å². The normalized spacial score (nSPS) is 12.0. The van der Waals surface area contributed by atoms with Gasteiger partial charge in [0.2, 0.25) is 6.54 Å². The first kappa shape index (κ1) is 14.7. The molecule has 0 N–H and O–H groups in total. The van der Waals surface area contributed by atoms with Gasteiger partial charge in [-0.3, -0.25) is 0 Å². The molecule has 3 aromatic rings. The van der Waals surface area contributed by atoms with Gasteiger partial charge in [-0.05, 0) is 28.5 Å². The van der Waals surface area contributed by atoms with E-state index in [0.717, 1.165) is 5.75 Å². The zero-order valence-electron chi connectivity index (χ0n) is 12.3. The average molecular weight is 303 g/mol. The summed E-state index contributed by atoms with van der Waals surface area (Å²) in [5.41, 5.74) is 1.26. The summed E-state index contributed by atoms with van der Waals surface area (Å²) in [7, 11) is 0. The van der Waals surface area contributed by atoms with Gasteiger partial charge < -0.3 is 4.85 Å². The summed E-state index contributed by atoms with van der Waals surface area (Å²) < 4.78 is 0. The molecule has 0 aliphatic carbocycles. The highest BCUT2D eigenvalue weighted by Gasteiger charge is 2.14. The van der Waals surface area contributed by atoms with Gasteiger partial charge in [0.25, 0.3) is 0 Å². The Morgan fingerprint density at radius 1 is 0.864 bits per heavy atom. The maximum Gasteiger partial charge on any atom is 0.222 e. The Kier molecular flexibility index (Phi) is 4.78. The third-order valence-electron chi connectivity index (χ3n) is 3.75. The summed E-state index contributed by atoms with van der Waals surface area (Å²) in [6.45, 7) is 7.74. The first-order valence-electron chi connectivity index (χ1n) is 7.36. The lowest BCUT2D eigenvalue weighted by Crippen LogP contribution is -2.04. The van der Waals surface area contributed by atoms with Crippen LogP contribution in [0.4, 0.5) is 0 Å². The van der Waals surface area contributed by atoms with Crippen LogP contribution < -0.4 is 0 Å². The lowest BCUT2D eigenvalue weighted by molar-refractivity contribution is 0.847. The van der Waals surface area contributed by atoms with E-state index in [0.29, 0.717) is 6.54 Å². The summed E-state index contributed by atoms with van der Waals surface area (Å²) >= 11 is 1.83. The molecular formula is C20H17NS. The third kappa shape index (κ3) is 3.50. The number of fused-ring (bicyclic) bond motifs is 1. The van der Waals surface area contributed by atoms with Crippen molar-refractivity contribution >= 4 is 22.5 Å². The maximum atomic E-state index is 7.19. The molecule has 1 nitrogen and oxygen atoms in total. The Morgan fingerprint density at radius 2 is 1.59 bits per heavy atom. The fourth-order valence-electron chi connectivity index (χ4n) is 2.54. The second-order valence-electron chi connectivity index (χ2n) is 5.27. The van der Waals surface area contributed by atoms with Crippen LogP contribution in [0.1, 0.15) is 11.5 Å². The molecule has 2 heteroatoms. The van der Waals surface area contributed by atoms with E-state index in [1.165, 1.54) is 21.2 Å². The number of nitrogens with zero attached hydrogens (tertiary/aromatic N) is 1. The van der Waals surface area contributed by atoms with Gasteiger partial charge >= 0.3 is 0 Å². The average Bonchev–Trinajstić information content (AvgIpc) is 2.59. The Morgan fingerprint density at radius 3 is 2.36 bits per heavy atom. The van der Waals surface area contributed by atoms with Crippen LogP contribution in [-0.4, -0.2) is 12.3 Å². The highest BCUT2D eigenvalue weighted by Crippen LogP contribution is 2.29. The summed E-state index contributed by atoms with van der Waals surface area (Å²) in [4.78, 5) is 4.88. The molecule has 0 saturated carbocycles. The van der Waals surface area contributed by atoms with Crippen LogP contribution in [0.25, 0.3) is 15.6 Å². The second-order valence-corrected chi connectivity index (χ2v) is 6.36. The van der Waals surface area contributed by atoms with Gasteiger partial charge in [0.15, 0.2) is 0 Å². The summed E-state index contributed by atoms with van der Waals surface area (Å²) in [5.74, 6) is 1.22. The van der Waals surface area contributed by atoms with Crippen LogP contribution in [0.5, 0.6) is 0 Å². The molecule has 0 aromatic heterocycles. The van der Waals surface area contributed by atoms with Crippen LogP contribution in [0.15, 0.2) is 77.7 Å². The van der Waals surface area contributed by atoms with E-state index in [-0.39, 0.29) is 5.92 Å². The molecule has 0 bridgehead atoms. The standard InChI is InChI=1S/C20H17NS/c1-21-14-19(16-7-3-2-4-8-16)15-22-20-12-11-17-9-5-6-10-18(17)13-20/h2-13,19H,14-15H2. The van der Waals surface area contributed by atoms with Crippen LogP contribution in [0.3, 0.4) is 0 Å². The monoisotopic (exact) mass is 303 g/mol. The van der Waals surface area contributed by atoms with Gasteiger partial charge in [-0.15, -0.1) is 11.8 Å². The molecule has 3 aromatic carbocycles. The van der Waals surface area contributed by atoms with Crippen molar-refractivity contribution in [1.82, 2.24) is 0 Å². The largest absolute Gasteiger partial charge is 0.316 e. The molecular weight excluding hydrogens is 286 g/mol. The van der Waals surface area contributed by atoms with Crippen molar-refractivity contribution in [2.45, 2.75) is 10.8 Å². The SMILES string of the molecule is [C-]#[N+]CC(CSc1ccc2ccccc2c1)c1ccccc1. The first-order valence-corrected chi connectivity index (χ1v) is 8.35. The molecule has 0 saturated heterocycles. The molecule has 0 fully saturated rings. The fraction of sp³-hybridized carbons (Fsp3) is 0.150. The minimum absolute atomic E-state index is 0.287. The smallest absolute Gasteiger partial charge is 0.222 e. The van der Waals surface area contributed by atoms with E-state index in [2.05, 4.69) is 59.4 Å². The lowest BCUT2D eigenvalue weighted by atomic mass is 10.0. The summed E-state index contributed by atoms with van der Waals surface area (Å²) in [5, 5.41) is 2.54. The molecule has 0 aliphatic heterocycles. The number of hydrogen-bond donors (Lipinski definition) is 0. The van der Waals surface area contributed by atoms with E-state index < -0.39 is 0 Å². The number of rotatable bonds is 5. The molecule has 1 atom stereocenters. The molecule has 3 rings (SSSR count). The lowest BCUT2D eigenvalue weighted by Gasteiger charge is -2.12. The van der Waals surface area contributed by atoms with E-state index >= 15 is 0 Å². The van der Waals surface area contributed by atoms with Crippen molar-refractivity contribution < 1.29 is 0 Å². The topological polar surface area (TPSA) is 4.36 Å². The van der Waals surface area contributed by atoms with Gasteiger partial charge in [-0.25, -0.2) is 6.57 Å². The van der Waals surface area contributed by atoms with Crippen LogP contribution in [0, 0.1) is 6.57 Å². The minimum Gasteiger partial charge on any atom is -0.316 e. The van der Waals surface area contributed by atoms with Crippen molar-refractivity contribution in [3.05, 3.63) is 89.8 Å². The van der Waals surface area contributed by atoms with Crippen LogP contribution in [0.2, 0.25) is 0 Å². The Hall–Kier alpha value is -2.24. The van der Waals surface area contributed by atoms with Gasteiger partial charge in [0.1, 0.15) is 0 Å². The summed E-state index contributed by atoms with van der Waals surface area (Å²) in [6, 6.07) is 25.4. The van der Waals surface area contributed by atoms with Crippen molar-refractivity contribution in [1.29, 1.82) is 0 Å². The highest BCUT2D eigenvalue weighted by atomic mass is 32.2. The zero-order chi connectivity index (χ0) is 15.2. The predicted octanol–water partition coefficient (Wildman–Crippen LogP) is 5.63. The second kappa shape index (κ2) is 7.15. The van der Waals surface area contributed by atoms with E-state index in [9.17, 15) is 0 Å². The van der Waals surface area contributed by atoms with E-state index in [1.807, 2.05) is 30.0 Å². The third-order valence-corrected chi connectivity index (χ3v) is 4.91. The number of hydrogen-bond acceptors (Lipinski definition) is 1. The Labute approximate surface area is 135 Å². The van der Waals surface area contributed by atoms with Crippen molar-refractivity contribution in [3.8, 4) is 0 Å². The molecule has 108 valence electrons. The molecule has 0 heterocycles. The Balaban J connectivity index is 1.75. The quantitative estimate of drug-likeness (QED) is 0.436. The molecule has 1 unspecified atom stereocenters. The van der Waals surface area contributed by atoms with Crippen molar-refractivity contribution in [3.63, 3.8) is 0 Å². The van der Waals surface area contributed by atoms with Gasteiger partial charge in [-0.2, -0.15) is 0 Å². The molecule has 0 spiro atoms. The minimum atomic E-state index is 0.287. The molecule has 0 radical (unpaired) electrons. The van der Waals surface area contributed by atoms with Gasteiger partial charge in [-0.1, -0.05) is 60.7 Å². The van der Waals surface area contributed by atoms with Gasteiger partial charge in [0, 0.05) is 10.6 Å². The van der Waals surface area contributed by atoms with Crippen LogP contribution >= 0.6 is 11.8 Å². The molecule has 0 amide bonds. The zero-order valence-corrected chi connectivity index (χ0v) is 13.1.